The minimum absolute atomic E-state index is 0.335. The van der Waals surface area contributed by atoms with Gasteiger partial charge in [0, 0.05) is 31.7 Å². The van der Waals surface area contributed by atoms with Crippen molar-refractivity contribution < 1.29 is 9.60 Å². The molecule has 0 aliphatic carbocycles. The topological polar surface area (TPSA) is 72.6 Å². The highest BCUT2D eigenvalue weighted by atomic mass is 19.1. The summed E-state index contributed by atoms with van der Waals surface area (Å²) in [4.78, 5) is 2.04. The molecule has 0 atom stereocenters. The van der Waals surface area contributed by atoms with Crippen molar-refractivity contribution in [2.75, 3.05) is 26.2 Å². The lowest BCUT2D eigenvalue weighted by Crippen LogP contribution is -2.42. The molecule has 1 aromatic rings. The van der Waals surface area contributed by atoms with Gasteiger partial charge in [0.1, 0.15) is 17.9 Å². The summed E-state index contributed by atoms with van der Waals surface area (Å²) in [6.45, 7) is 3.58. The quantitative estimate of drug-likeness (QED) is 0.372. The van der Waals surface area contributed by atoms with E-state index in [1.54, 1.807) is 18.5 Å². The van der Waals surface area contributed by atoms with Crippen LogP contribution < -0.4 is 5.32 Å². The van der Waals surface area contributed by atoms with E-state index in [4.69, 9.17) is 5.21 Å². The standard InChI is InChI=1S/C13H16FN5O/c14-12-3-1-11(2-4-12)13(9-17-20)18-16-10-19-7-5-15-6-8-19/h1-4,9-10,15,20H,5-8H2/b16-10+,17-9+,18-13+. The van der Waals surface area contributed by atoms with Crippen LogP contribution in [-0.2, 0) is 0 Å². The zero-order valence-electron chi connectivity index (χ0n) is 10.9. The van der Waals surface area contributed by atoms with Crippen LogP contribution in [0.25, 0.3) is 0 Å². The van der Waals surface area contributed by atoms with Crippen molar-refractivity contribution in [1.82, 2.24) is 10.2 Å². The van der Waals surface area contributed by atoms with Gasteiger partial charge in [-0.3, -0.25) is 0 Å². The number of nitrogens with one attached hydrogen (secondary N) is 1. The first-order valence-corrected chi connectivity index (χ1v) is 6.29. The molecule has 106 valence electrons. The van der Waals surface area contributed by atoms with E-state index in [2.05, 4.69) is 20.7 Å². The smallest absolute Gasteiger partial charge is 0.123 e. The lowest BCUT2D eigenvalue weighted by atomic mass is 10.1. The predicted molar refractivity (Wildman–Crippen MR) is 76.2 cm³/mol. The summed E-state index contributed by atoms with van der Waals surface area (Å²) in [6.07, 6.45) is 2.82. The van der Waals surface area contributed by atoms with E-state index in [0.717, 1.165) is 26.2 Å². The number of benzene rings is 1. The van der Waals surface area contributed by atoms with Gasteiger partial charge in [0.05, 0.1) is 6.21 Å². The molecule has 1 aliphatic rings. The van der Waals surface area contributed by atoms with Gasteiger partial charge >= 0.3 is 0 Å². The molecule has 1 fully saturated rings. The first-order valence-electron chi connectivity index (χ1n) is 6.29. The molecule has 0 saturated carbocycles. The maximum absolute atomic E-state index is 12.9. The molecule has 0 radical (unpaired) electrons. The molecule has 20 heavy (non-hydrogen) atoms. The molecule has 1 aromatic carbocycles. The average Bonchev–Trinajstić information content (AvgIpc) is 2.48. The van der Waals surface area contributed by atoms with E-state index in [1.807, 2.05) is 4.90 Å². The highest BCUT2D eigenvalue weighted by molar-refractivity contribution is 6.38. The maximum atomic E-state index is 12.9. The van der Waals surface area contributed by atoms with Crippen LogP contribution in [-0.4, -0.2) is 54.6 Å². The van der Waals surface area contributed by atoms with Crippen LogP contribution in [0.15, 0.2) is 39.6 Å². The Hall–Kier alpha value is -2.28. The van der Waals surface area contributed by atoms with Crippen molar-refractivity contribution in [3.63, 3.8) is 0 Å². The second-order valence-electron chi connectivity index (χ2n) is 4.25. The third kappa shape index (κ3) is 4.13. The van der Waals surface area contributed by atoms with Gasteiger partial charge in [-0.2, -0.15) is 0 Å². The summed E-state index contributed by atoms with van der Waals surface area (Å²) in [5, 5.41) is 22.8. The third-order valence-corrected chi connectivity index (χ3v) is 2.85. The molecule has 0 aromatic heterocycles. The lowest BCUT2D eigenvalue weighted by molar-refractivity contribution is 0.322. The largest absolute Gasteiger partial charge is 0.411 e. The number of halogens is 1. The molecule has 1 heterocycles. The fourth-order valence-corrected chi connectivity index (χ4v) is 1.79. The monoisotopic (exact) mass is 277 g/mol. The molecular weight excluding hydrogens is 261 g/mol. The summed E-state index contributed by atoms with van der Waals surface area (Å²) < 4.78 is 12.9. The molecule has 0 unspecified atom stereocenters. The van der Waals surface area contributed by atoms with Gasteiger partial charge in [-0.05, 0) is 24.3 Å². The van der Waals surface area contributed by atoms with Gasteiger partial charge in [0.2, 0.25) is 0 Å². The summed E-state index contributed by atoms with van der Waals surface area (Å²) in [5.41, 5.74) is 0.987. The zero-order valence-corrected chi connectivity index (χ0v) is 10.9. The van der Waals surface area contributed by atoms with Crippen LogP contribution in [0.3, 0.4) is 0 Å². The van der Waals surface area contributed by atoms with Gasteiger partial charge < -0.3 is 15.4 Å². The highest BCUT2D eigenvalue weighted by Gasteiger charge is 2.05. The third-order valence-electron chi connectivity index (χ3n) is 2.85. The molecule has 1 aliphatic heterocycles. The highest BCUT2D eigenvalue weighted by Crippen LogP contribution is 2.04. The SMILES string of the molecule is O/N=C/C(=N\N=C\N1CCNCC1)c1ccc(F)cc1. The van der Waals surface area contributed by atoms with Gasteiger partial charge in [-0.25, -0.2) is 4.39 Å². The van der Waals surface area contributed by atoms with E-state index in [1.165, 1.54) is 18.3 Å². The fourth-order valence-electron chi connectivity index (χ4n) is 1.79. The Morgan fingerprint density at radius 2 is 1.95 bits per heavy atom. The number of hydrogen-bond donors (Lipinski definition) is 2. The number of rotatable bonds is 4. The molecule has 6 nitrogen and oxygen atoms in total. The van der Waals surface area contributed by atoms with Gasteiger partial charge in [-0.1, -0.05) is 5.16 Å². The van der Waals surface area contributed by atoms with Crippen LogP contribution in [0.2, 0.25) is 0 Å². The number of piperazine rings is 1. The van der Waals surface area contributed by atoms with Crippen LogP contribution in [0, 0.1) is 5.82 Å². The predicted octanol–water partition coefficient (Wildman–Crippen LogP) is 0.923. The zero-order chi connectivity index (χ0) is 14.2. The second kappa shape index (κ2) is 7.34. The van der Waals surface area contributed by atoms with Crippen molar-refractivity contribution in [2.24, 2.45) is 15.4 Å². The number of oxime groups is 1. The summed E-state index contributed by atoms with van der Waals surface area (Å²) in [5.74, 6) is -0.335. The van der Waals surface area contributed by atoms with Gasteiger partial charge in [-0.15, -0.1) is 10.2 Å². The maximum Gasteiger partial charge on any atom is 0.123 e. The molecule has 7 heteroatoms. The van der Waals surface area contributed by atoms with Gasteiger partial charge in [0.25, 0.3) is 0 Å². The molecule has 2 N–H and O–H groups in total. The molecule has 1 saturated heterocycles. The summed E-state index contributed by atoms with van der Waals surface area (Å²) in [6, 6.07) is 5.73. The Morgan fingerprint density at radius 1 is 1.25 bits per heavy atom. The Balaban J connectivity index is 2.09. The van der Waals surface area contributed by atoms with Crippen LogP contribution in [0.1, 0.15) is 5.56 Å². The van der Waals surface area contributed by atoms with Crippen molar-refractivity contribution in [3.05, 3.63) is 35.6 Å². The van der Waals surface area contributed by atoms with Crippen LogP contribution in [0.4, 0.5) is 4.39 Å². The first kappa shape index (κ1) is 14.1. The normalized spacial score (nSPS) is 17.2. The summed E-state index contributed by atoms with van der Waals surface area (Å²) in [7, 11) is 0. The van der Waals surface area contributed by atoms with Crippen molar-refractivity contribution >= 4 is 18.3 Å². The van der Waals surface area contributed by atoms with Crippen molar-refractivity contribution in [1.29, 1.82) is 0 Å². The summed E-state index contributed by atoms with van der Waals surface area (Å²) >= 11 is 0. The molecule has 2 rings (SSSR count). The lowest BCUT2D eigenvalue weighted by Gasteiger charge is -2.24. The fraction of sp³-hybridized carbons (Fsp3) is 0.308. The Labute approximate surface area is 116 Å². The van der Waals surface area contributed by atoms with E-state index in [9.17, 15) is 4.39 Å². The number of hydrogen-bond acceptors (Lipinski definition) is 5. The average molecular weight is 277 g/mol. The Bertz CT molecular complexity index is 506. The Morgan fingerprint density at radius 3 is 2.60 bits per heavy atom. The number of nitrogens with zero attached hydrogens (tertiary/aromatic N) is 4. The minimum atomic E-state index is -0.335. The molecule has 0 spiro atoms. The van der Waals surface area contributed by atoms with E-state index in [0.29, 0.717) is 11.3 Å². The molecule has 0 bridgehead atoms. The molecular formula is C13H16FN5O. The van der Waals surface area contributed by atoms with E-state index in [-0.39, 0.29) is 5.82 Å². The van der Waals surface area contributed by atoms with E-state index >= 15 is 0 Å². The van der Waals surface area contributed by atoms with E-state index < -0.39 is 0 Å². The Kier molecular flexibility index (Phi) is 5.19. The second-order valence-corrected chi connectivity index (χ2v) is 4.25. The molecule has 0 amide bonds. The van der Waals surface area contributed by atoms with Gasteiger partial charge in [0.15, 0.2) is 0 Å². The first-order chi connectivity index (χ1) is 9.79. The van der Waals surface area contributed by atoms with Crippen LogP contribution in [0.5, 0.6) is 0 Å². The van der Waals surface area contributed by atoms with Crippen molar-refractivity contribution in [3.8, 4) is 0 Å². The van der Waals surface area contributed by atoms with Crippen LogP contribution >= 0.6 is 0 Å². The minimum Gasteiger partial charge on any atom is -0.411 e. The van der Waals surface area contributed by atoms with Crippen molar-refractivity contribution in [2.45, 2.75) is 0 Å².